The molecule has 0 aromatic carbocycles. The van der Waals surface area contributed by atoms with Gasteiger partial charge in [0.15, 0.2) is 0 Å². The molecule has 0 radical (unpaired) electrons. The van der Waals surface area contributed by atoms with Crippen LogP contribution in [-0.2, 0) is 9.53 Å². The van der Waals surface area contributed by atoms with Crippen molar-refractivity contribution in [1.82, 2.24) is 0 Å². The normalized spacial score (nSPS) is 22.5. The van der Waals surface area contributed by atoms with Crippen molar-refractivity contribution >= 4 is 5.97 Å². The van der Waals surface area contributed by atoms with Gasteiger partial charge in [0.05, 0.1) is 16.3 Å². The highest BCUT2D eigenvalue weighted by Gasteiger charge is 2.46. The standard InChI is InChI=1S/C9H8N2O6/c1-2-8(12)17-9(11(15)16)5-3-7(4-6-9)10(13)14/h2-5H,1,6H2. The summed E-state index contributed by atoms with van der Waals surface area (Å²) < 4.78 is 4.61. The molecule has 90 valence electrons. The van der Waals surface area contributed by atoms with Crippen molar-refractivity contribution in [1.29, 1.82) is 0 Å². The van der Waals surface area contributed by atoms with Gasteiger partial charge < -0.3 is 4.74 Å². The first-order valence-electron chi connectivity index (χ1n) is 4.45. The number of allylic oxidation sites excluding steroid dienone is 1. The van der Waals surface area contributed by atoms with Crippen molar-refractivity contribution in [2.24, 2.45) is 0 Å². The van der Waals surface area contributed by atoms with Crippen LogP contribution in [0.4, 0.5) is 0 Å². The average molecular weight is 240 g/mol. The monoisotopic (exact) mass is 240 g/mol. The van der Waals surface area contributed by atoms with E-state index < -0.39 is 28.0 Å². The van der Waals surface area contributed by atoms with Crippen LogP contribution in [0.15, 0.2) is 36.6 Å². The maximum Gasteiger partial charge on any atom is 0.389 e. The van der Waals surface area contributed by atoms with Crippen LogP contribution < -0.4 is 0 Å². The van der Waals surface area contributed by atoms with Crippen LogP contribution >= 0.6 is 0 Å². The molecule has 0 saturated heterocycles. The third-order valence-corrected chi connectivity index (χ3v) is 2.08. The van der Waals surface area contributed by atoms with Gasteiger partial charge >= 0.3 is 11.7 Å². The Morgan fingerprint density at radius 2 is 2.18 bits per heavy atom. The Balaban J connectivity index is 2.97. The number of ether oxygens (including phenoxy) is 1. The van der Waals surface area contributed by atoms with Gasteiger partial charge in [0.25, 0.3) is 5.70 Å². The van der Waals surface area contributed by atoms with Crippen LogP contribution in [-0.4, -0.2) is 21.5 Å². The van der Waals surface area contributed by atoms with E-state index in [9.17, 15) is 25.0 Å². The molecule has 0 aromatic heterocycles. The van der Waals surface area contributed by atoms with Crippen LogP contribution in [0.1, 0.15) is 6.42 Å². The zero-order valence-electron chi connectivity index (χ0n) is 8.57. The van der Waals surface area contributed by atoms with Gasteiger partial charge in [-0.05, 0) is 0 Å². The number of nitrogens with zero attached hydrogens (tertiary/aromatic N) is 2. The van der Waals surface area contributed by atoms with Crippen molar-refractivity contribution in [3.05, 3.63) is 56.8 Å². The van der Waals surface area contributed by atoms with E-state index in [0.29, 0.717) is 0 Å². The molecule has 1 aliphatic rings. The zero-order valence-corrected chi connectivity index (χ0v) is 8.57. The summed E-state index contributed by atoms with van der Waals surface area (Å²) in [5.74, 6) is -0.968. The van der Waals surface area contributed by atoms with Crippen molar-refractivity contribution < 1.29 is 19.4 Å². The smallest absolute Gasteiger partial charge is 0.389 e. The minimum atomic E-state index is -2.09. The fraction of sp³-hybridized carbons (Fsp3) is 0.222. The number of carbonyl (C=O) groups is 1. The Hall–Kier alpha value is -2.51. The Morgan fingerprint density at radius 1 is 1.53 bits per heavy atom. The molecule has 0 saturated carbocycles. The summed E-state index contributed by atoms with van der Waals surface area (Å²) in [4.78, 5) is 30.7. The molecule has 0 N–H and O–H groups in total. The van der Waals surface area contributed by atoms with Crippen LogP contribution in [0.25, 0.3) is 0 Å². The maximum atomic E-state index is 11.0. The summed E-state index contributed by atoms with van der Waals surface area (Å²) >= 11 is 0. The van der Waals surface area contributed by atoms with E-state index in [0.717, 1.165) is 24.3 Å². The van der Waals surface area contributed by atoms with Gasteiger partial charge in [-0.3, -0.25) is 20.2 Å². The van der Waals surface area contributed by atoms with Gasteiger partial charge in [-0.15, -0.1) is 0 Å². The van der Waals surface area contributed by atoms with E-state index in [1.807, 2.05) is 0 Å². The predicted molar refractivity (Wildman–Crippen MR) is 54.8 cm³/mol. The molecule has 0 spiro atoms. The highest BCUT2D eigenvalue weighted by molar-refractivity contribution is 5.81. The lowest BCUT2D eigenvalue weighted by atomic mass is 10.0. The molecular weight excluding hydrogens is 232 g/mol. The van der Waals surface area contributed by atoms with Crippen molar-refractivity contribution in [2.75, 3.05) is 0 Å². The minimum absolute atomic E-state index is 0.280. The zero-order chi connectivity index (χ0) is 13.1. The van der Waals surface area contributed by atoms with Gasteiger partial charge in [0, 0.05) is 24.3 Å². The summed E-state index contributed by atoms with van der Waals surface area (Å²) in [6.45, 7) is 3.11. The topological polar surface area (TPSA) is 113 Å². The largest absolute Gasteiger partial charge is 0.389 e. The third kappa shape index (κ3) is 2.54. The number of nitro groups is 2. The van der Waals surface area contributed by atoms with Crippen LogP contribution in [0.3, 0.4) is 0 Å². The lowest BCUT2D eigenvalue weighted by Gasteiger charge is -2.21. The molecule has 8 heteroatoms. The Labute approximate surface area is 95.2 Å². The Morgan fingerprint density at radius 3 is 2.53 bits per heavy atom. The molecule has 0 fully saturated rings. The van der Waals surface area contributed by atoms with Crippen LogP contribution in [0, 0.1) is 20.2 Å². The van der Waals surface area contributed by atoms with Gasteiger partial charge in [0.1, 0.15) is 0 Å². The van der Waals surface area contributed by atoms with E-state index in [1.165, 1.54) is 0 Å². The molecule has 0 bridgehead atoms. The molecule has 0 aliphatic heterocycles. The Bertz CT molecular complexity index is 452. The number of carbonyl (C=O) groups excluding carboxylic acids is 1. The van der Waals surface area contributed by atoms with Gasteiger partial charge in [0.2, 0.25) is 0 Å². The molecule has 0 amide bonds. The second-order valence-corrected chi connectivity index (χ2v) is 3.15. The van der Waals surface area contributed by atoms with E-state index in [2.05, 4.69) is 11.3 Å². The van der Waals surface area contributed by atoms with Crippen LogP contribution in [0.5, 0.6) is 0 Å². The Kier molecular flexibility index (Phi) is 3.37. The van der Waals surface area contributed by atoms with Crippen molar-refractivity contribution in [3.8, 4) is 0 Å². The average Bonchev–Trinajstić information content (AvgIpc) is 2.29. The molecule has 0 aromatic rings. The molecular formula is C9H8N2O6. The quantitative estimate of drug-likeness (QED) is 0.236. The SMILES string of the molecule is C=CC(=O)OC1([N+](=O)[O-])C=CC([N+](=O)[O-])=CC1. The minimum Gasteiger partial charge on any atom is -0.389 e. The number of rotatable bonds is 4. The van der Waals surface area contributed by atoms with Crippen LogP contribution in [0.2, 0.25) is 0 Å². The fourth-order valence-corrected chi connectivity index (χ4v) is 1.20. The van der Waals surface area contributed by atoms with Gasteiger partial charge in [-0.1, -0.05) is 6.58 Å². The highest BCUT2D eigenvalue weighted by Crippen LogP contribution is 2.26. The first-order valence-corrected chi connectivity index (χ1v) is 4.45. The van der Waals surface area contributed by atoms with E-state index in [1.54, 1.807) is 0 Å². The first kappa shape index (κ1) is 12.6. The second-order valence-electron chi connectivity index (χ2n) is 3.15. The van der Waals surface area contributed by atoms with Gasteiger partial charge in [-0.25, -0.2) is 4.79 Å². The lowest BCUT2D eigenvalue weighted by Crippen LogP contribution is -2.41. The molecule has 1 unspecified atom stereocenters. The third-order valence-electron chi connectivity index (χ3n) is 2.08. The van der Waals surface area contributed by atoms with Gasteiger partial charge in [-0.2, -0.15) is 0 Å². The predicted octanol–water partition coefficient (Wildman–Crippen LogP) is 0.809. The second kappa shape index (κ2) is 4.56. The first-order chi connectivity index (χ1) is 7.91. The summed E-state index contributed by atoms with van der Waals surface area (Å²) in [5.41, 5.74) is -2.37. The van der Waals surface area contributed by atoms with E-state index in [4.69, 9.17) is 0 Å². The molecule has 17 heavy (non-hydrogen) atoms. The number of esters is 1. The molecule has 1 rings (SSSR count). The molecule has 0 heterocycles. The number of hydrogen-bond acceptors (Lipinski definition) is 6. The highest BCUT2D eigenvalue weighted by atomic mass is 16.7. The summed E-state index contributed by atoms with van der Waals surface area (Å²) in [6.07, 6.45) is 3.23. The van der Waals surface area contributed by atoms with E-state index in [-0.39, 0.29) is 5.70 Å². The molecule has 1 aliphatic carbocycles. The molecule has 1 atom stereocenters. The number of hydrogen-bond donors (Lipinski definition) is 0. The summed E-state index contributed by atoms with van der Waals surface area (Å²) in [5, 5.41) is 21.3. The van der Waals surface area contributed by atoms with Crippen molar-refractivity contribution in [2.45, 2.75) is 12.1 Å². The van der Waals surface area contributed by atoms with Crippen molar-refractivity contribution in [3.63, 3.8) is 0 Å². The maximum absolute atomic E-state index is 11.0. The molecule has 8 nitrogen and oxygen atoms in total. The summed E-state index contributed by atoms with van der Waals surface area (Å²) in [7, 11) is 0. The summed E-state index contributed by atoms with van der Waals surface area (Å²) in [6, 6.07) is 0. The lowest BCUT2D eigenvalue weighted by molar-refractivity contribution is -0.604. The van der Waals surface area contributed by atoms with E-state index >= 15 is 0 Å². The fourth-order valence-electron chi connectivity index (χ4n) is 1.20.